The van der Waals surface area contributed by atoms with Gasteiger partial charge in [-0.2, -0.15) is 0 Å². The molecule has 0 fully saturated rings. The van der Waals surface area contributed by atoms with Gasteiger partial charge in [-0.05, 0) is 72.8 Å². The molecule has 2 N–H and O–H groups in total. The first-order valence-electron chi connectivity index (χ1n) is 14.1. The minimum absolute atomic E-state index is 0.0373. The van der Waals surface area contributed by atoms with E-state index in [0.29, 0.717) is 11.3 Å². The summed E-state index contributed by atoms with van der Waals surface area (Å²) in [7, 11) is 0. The molecule has 0 saturated carbocycles. The maximum absolute atomic E-state index is 14.7. The summed E-state index contributed by atoms with van der Waals surface area (Å²) in [4.78, 5) is 44.6. The van der Waals surface area contributed by atoms with Crippen LogP contribution in [0.1, 0.15) is 15.9 Å². The van der Waals surface area contributed by atoms with Crippen LogP contribution in [-0.2, 0) is 9.59 Å². The lowest BCUT2D eigenvalue weighted by Gasteiger charge is -2.31. The highest BCUT2D eigenvalue weighted by atomic mass is 35.5. The zero-order valence-electron chi connectivity index (χ0n) is 24.1. The van der Waals surface area contributed by atoms with E-state index in [2.05, 4.69) is 10.6 Å². The first-order valence-corrected chi connectivity index (χ1v) is 16.3. The molecule has 1 aliphatic heterocycles. The Kier molecular flexibility index (Phi) is 9.54. The summed E-state index contributed by atoms with van der Waals surface area (Å²) in [6.07, 6.45) is 1.21. The van der Waals surface area contributed by atoms with Crippen LogP contribution in [0.4, 0.5) is 21.5 Å². The molecule has 0 aliphatic carbocycles. The number of hydrogen-bond acceptors (Lipinski definition) is 5. The van der Waals surface area contributed by atoms with E-state index in [9.17, 15) is 18.8 Å². The average molecular weight is 666 g/mol. The molecule has 0 saturated heterocycles. The zero-order chi connectivity index (χ0) is 32.0. The van der Waals surface area contributed by atoms with E-state index in [-0.39, 0.29) is 27.9 Å². The highest BCUT2D eigenvalue weighted by Gasteiger charge is 2.27. The van der Waals surface area contributed by atoms with E-state index in [0.717, 1.165) is 26.1 Å². The number of nitrogens with one attached hydrogen (secondary N) is 2. The van der Waals surface area contributed by atoms with Gasteiger partial charge < -0.3 is 10.6 Å². The molecule has 5 aromatic carbocycles. The number of carbonyl (C=O) groups excluding carboxylic acids is 3. The molecular weight excluding hydrogens is 641 g/mol. The standard InChI is InChI=1S/C36H25ClFN3O3S2/c37-27-14-9-15-28(38)26(27)21-29(40-35(43)23-10-2-1-3-11-23)36(44)39-24-12-8-13-25(20-24)45-22-34(42)41-30-16-4-6-18-32(30)46-33-19-7-5-17-31(33)41/h1-21H,22H2,(H,39,44)(H,40,43)/b29-21-. The number of halogens is 2. The molecule has 0 aromatic heterocycles. The van der Waals surface area contributed by atoms with Crippen LogP contribution in [0.5, 0.6) is 0 Å². The van der Waals surface area contributed by atoms with Gasteiger partial charge in [-0.1, -0.05) is 78.0 Å². The fraction of sp³-hybridized carbons (Fsp3) is 0.0278. The molecule has 3 amide bonds. The fourth-order valence-corrected chi connectivity index (χ4v) is 6.86. The van der Waals surface area contributed by atoms with Gasteiger partial charge in [0.1, 0.15) is 11.5 Å². The molecule has 1 heterocycles. The van der Waals surface area contributed by atoms with Crippen molar-refractivity contribution in [1.82, 2.24) is 5.32 Å². The Morgan fingerprint density at radius 2 is 1.46 bits per heavy atom. The molecule has 6 rings (SSSR count). The number of carbonyl (C=O) groups is 3. The normalized spacial score (nSPS) is 12.1. The van der Waals surface area contributed by atoms with Crippen molar-refractivity contribution >= 4 is 76.0 Å². The van der Waals surface area contributed by atoms with Crippen molar-refractivity contribution in [3.05, 3.63) is 149 Å². The summed E-state index contributed by atoms with van der Waals surface area (Å²) in [5.74, 6) is -1.81. The van der Waals surface area contributed by atoms with Gasteiger partial charge in [-0.3, -0.25) is 19.3 Å². The molecule has 46 heavy (non-hydrogen) atoms. The van der Waals surface area contributed by atoms with Crippen LogP contribution in [0.3, 0.4) is 0 Å². The minimum atomic E-state index is -0.680. The molecule has 6 nitrogen and oxygen atoms in total. The van der Waals surface area contributed by atoms with Gasteiger partial charge in [0.25, 0.3) is 11.8 Å². The topological polar surface area (TPSA) is 78.5 Å². The number of fused-ring (bicyclic) bond motifs is 2. The fourth-order valence-electron chi connectivity index (χ4n) is 4.78. The van der Waals surface area contributed by atoms with Gasteiger partial charge in [-0.15, -0.1) is 11.8 Å². The van der Waals surface area contributed by atoms with E-state index < -0.39 is 17.6 Å². The van der Waals surface area contributed by atoms with Crippen LogP contribution >= 0.6 is 35.1 Å². The molecule has 0 bridgehead atoms. The summed E-state index contributed by atoms with van der Waals surface area (Å²) >= 11 is 9.19. The molecule has 0 radical (unpaired) electrons. The van der Waals surface area contributed by atoms with Crippen LogP contribution < -0.4 is 15.5 Å². The van der Waals surface area contributed by atoms with Gasteiger partial charge in [-0.25, -0.2) is 4.39 Å². The molecule has 0 unspecified atom stereocenters. The predicted molar refractivity (Wildman–Crippen MR) is 183 cm³/mol. The number of nitrogens with zero attached hydrogens (tertiary/aromatic N) is 1. The predicted octanol–water partition coefficient (Wildman–Crippen LogP) is 8.81. The molecule has 0 spiro atoms. The second-order valence-electron chi connectivity index (χ2n) is 10.1. The Bertz CT molecular complexity index is 1920. The molecule has 5 aromatic rings. The molecule has 228 valence electrons. The summed E-state index contributed by atoms with van der Waals surface area (Å²) < 4.78 is 14.7. The van der Waals surface area contributed by atoms with Gasteiger partial charge in [0.2, 0.25) is 5.91 Å². The summed E-state index contributed by atoms with van der Waals surface area (Å²) in [6.45, 7) is 0. The summed E-state index contributed by atoms with van der Waals surface area (Å²) in [5, 5.41) is 5.45. The van der Waals surface area contributed by atoms with E-state index in [1.165, 1.54) is 36.0 Å². The van der Waals surface area contributed by atoms with Crippen molar-refractivity contribution in [2.75, 3.05) is 16.0 Å². The number of rotatable bonds is 8. The van der Waals surface area contributed by atoms with Gasteiger partial charge in [0.05, 0.1) is 22.2 Å². The van der Waals surface area contributed by atoms with Gasteiger partial charge in [0.15, 0.2) is 0 Å². The van der Waals surface area contributed by atoms with Crippen LogP contribution in [0, 0.1) is 5.82 Å². The Morgan fingerprint density at radius 1 is 0.804 bits per heavy atom. The number of anilines is 3. The number of para-hydroxylation sites is 2. The largest absolute Gasteiger partial charge is 0.321 e. The number of thioether (sulfide) groups is 1. The van der Waals surface area contributed by atoms with Crippen LogP contribution in [0.2, 0.25) is 5.02 Å². The van der Waals surface area contributed by atoms with Crippen molar-refractivity contribution in [3.8, 4) is 0 Å². The lowest BCUT2D eigenvalue weighted by atomic mass is 10.1. The van der Waals surface area contributed by atoms with Gasteiger partial charge >= 0.3 is 0 Å². The quantitative estimate of drug-likeness (QED) is 0.128. The molecule has 10 heteroatoms. The SMILES string of the molecule is O=C(Nc1cccc(SCC(=O)N2c3ccccc3Sc3ccccc32)c1)/C(=C/c1c(F)cccc1Cl)NC(=O)c1ccccc1. The van der Waals surface area contributed by atoms with Crippen molar-refractivity contribution < 1.29 is 18.8 Å². The first-order chi connectivity index (χ1) is 22.4. The maximum atomic E-state index is 14.7. The van der Waals surface area contributed by atoms with Crippen LogP contribution in [-0.4, -0.2) is 23.5 Å². The monoisotopic (exact) mass is 665 g/mol. The number of hydrogen-bond donors (Lipinski definition) is 2. The van der Waals surface area contributed by atoms with Crippen molar-refractivity contribution in [2.24, 2.45) is 0 Å². The Balaban J connectivity index is 1.20. The number of amides is 3. The highest BCUT2D eigenvalue weighted by Crippen LogP contribution is 2.48. The third-order valence-corrected chi connectivity index (χ3v) is 9.39. The van der Waals surface area contributed by atoms with E-state index in [1.807, 2.05) is 54.6 Å². The second kappa shape index (κ2) is 14.1. The lowest BCUT2D eigenvalue weighted by molar-refractivity contribution is -0.115. The highest BCUT2D eigenvalue weighted by molar-refractivity contribution is 8.00. The average Bonchev–Trinajstić information content (AvgIpc) is 3.07. The number of benzene rings is 5. The van der Waals surface area contributed by atoms with E-state index >= 15 is 0 Å². The van der Waals surface area contributed by atoms with Crippen LogP contribution in [0.15, 0.2) is 142 Å². The van der Waals surface area contributed by atoms with Crippen LogP contribution in [0.25, 0.3) is 6.08 Å². The lowest BCUT2D eigenvalue weighted by Crippen LogP contribution is -2.30. The van der Waals surface area contributed by atoms with Crippen molar-refractivity contribution in [3.63, 3.8) is 0 Å². The maximum Gasteiger partial charge on any atom is 0.272 e. The van der Waals surface area contributed by atoms with E-state index in [1.54, 1.807) is 65.2 Å². The smallest absolute Gasteiger partial charge is 0.272 e. The second-order valence-corrected chi connectivity index (χ2v) is 12.6. The van der Waals surface area contributed by atoms with E-state index in [4.69, 9.17) is 11.6 Å². The van der Waals surface area contributed by atoms with Crippen molar-refractivity contribution in [1.29, 1.82) is 0 Å². The minimum Gasteiger partial charge on any atom is -0.321 e. The molecule has 0 atom stereocenters. The third-order valence-electron chi connectivity index (χ3n) is 6.95. The zero-order valence-corrected chi connectivity index (χ0v) is 26.5. The Morgan fingerprint density at radius 3 is 2.15 bits per heavy atom. The summed E-state index contributed by atoms with van der Waals surface area (Å²) in [5.41, 5.74) is 2.18. The van der Waals surface area contributed by atoms with Crippen molar-refractivity contribution in [2.45, 2.75) is 14.7 Å². The molecular formula is C36H25ClFN3O3S2. The Hall–Kier alpha value is -4.83. The molecule has 1 aliphatic rings. The third kappa shape index (κ3) is 7.02. The Labute approximate surface area is 278 Å². The first kappa shape index (κ1) is 31.2. The summed E-state index contributed by atoms with van der Waals surface area (Å²) in [6, 6.07) is 35.1. The van der Waals surface area contributed by atoms with Gasteiger partial charge in [0, 0.05) is 31.5 Å².